The summed E-state index contributed by atoms with van der Waals surface area (Å²) in [6, 6.07) is 5.52. The van der Waals surface area contributed by atoms with Crippen LogP contribution >= 0.6 is 11.8 Å². The first-order valence-corrected chi connectivity index (χ1v) is 9.04. The lowest BCUT2D eigenvalue weighted by atomic mass is 9.95. The van der Waals surface area contributed by atoms with Gasteiger partial charge in [-0.1, -0.05) is 0 Å². The SMILES string of the molecule is O=C(NC[C@]1(N2CCOCC2)CCSC1)Nc1ccc(F)cc1. The van der Waals surface area contributed by atoms with Crippen LogP contribution in [0, 0.1) is 5.82 Å². The molecular formula is C16H22FN3O2S. The van der Waals surface area contributed by atoms with E-state index in [0.717, 1.165) is 44.2 Å². The van der Waals surface area contributed by atoms with Crippen LogP contribution in [0.3, 0.4) is 0 Å². The molecule has 1 atom stereocenters. The first-order chi connectivity index (χ1) is 11.2. The monoisotopic (exact) mass is 339 g/mol. The minimum atomic E-state index is -0.315. The van der Waals surface area contributed by atoms with Gasteiger partial charge in [-0.3, -0.25) is 4.90 Å². The van der Waals surface area contributed by atoms with Crippen molar-refractivity contribution in [2.24, 2.45) is 0 Å². The summed E-state index contributed by atoms with van der Waals surface area (Å²) >= 11 is 1.94. The maximum Gasteiger partial charge on any atom is 0.319 e. The van der Waals surface area contributed by atoms with Gasteiger partial charge in [0.15, 0.2) is 0 Å². The summed E-state index contributed by atoms with van der Waals surface area (Å²) in [5.74, 6) is 1.84. The lowest BCUT2D eigenvalue weighted by Gasteiger charge is -2.43. The molecule has 2 saturated heterocycles. The van der Waals surface area contributed by atoms with E-state index in [1.54, 1.807) is 12.1 Å². The molecule has 1 aromatic rings. The lowest BCUT2D eigenvalue weighted by molar-refractivity contribution is -0.0123. The van der Waals surface area contributed by atoms with Crippen molar-refractivity contribution in [1.29, 1.82) is 0 Å². The van der Waals surface area contributed by atoms with Gasteiger partial charge in [0.05, 0.1) is 13.2 Å². The third-order valence-electron chi connectivity index (χ3n) is 4.44. The molecule has 2 N–H and O–H groups in total. The van der Waals surface area contributed by atoms with Crippen molar-refractivity contribution in [2.45, 2.75) is 12.0 Å². The molecule has 0 aliphatic carbocycles. The normalized spacial score (nSPS) is 25.3. The summed E-state index contributed by atoms with van der Waals surface area (Å²) < 4.78 is 18.3. The molecule has 0 saturated carbocycles. The van der Waals surface area contributed by atoms with Gasteiger partial charge >= 0.3 is 6.03 Å². The number of urea groups is 1. The van der Waals surface area contributed by atoms with E-state index >= 15 is 0 Å². The van der Waals surface area contributed by atoms with Gasteiger partial charge in [-0.15, -0.1) is 0 Å². The van der Waals surface area contributed by atoms with Crippen molar-refractivity contribution in [3.8, 4) is 0 Å². The summed E-state index contributed by atoms with van der Waals surface area (Å²) in [7, 11) is 0. The topological polar surface area (TPSA) is 53.6 Å². The van der Waals surface area contributed by atoms with Crippen LogP contribution < -0.4 is 10.6 Å². The van der Waals surface area contributed by atoms with E-state index in [4.69, 9.17) is 4.74 Å². The Balaban J connectivity index is 1.56. The van der Waals surface area contributed by atoms with Crippen LogP contribution in [0.4, 0.5) is 14.9 Å². The molecule has 0 radical (unpaired) electrons. The molecule has 1 aromatic carbocycles. The average molecular weight is 339 g/mol. The van der Waals surface area contributed by atoms with Crippen molar-refractivity contribution in [3.63, 3.8) is 0 Å². The Kier molecular flexibility index (Phi) is 5.40. The number of rotatable bonds is 4. The predicted molar refractivity (Wildman–Crippen MR) is 90.5 cm³/mol. The second-order valence-corrected chi connectivity index (χ2v) is 7.05. The van der Waals surface area contributed by atoms with Crippen molar-refractivity contribution < 1.29 is 13.9 Å². The van der Waals surface area contributed by atoms with Gasteiger partial charge in [0, 0.05) is 36.6 Å². The van der Waals surface area contributed by atoms with Crippen LogP contribution in [0.2, 0.25) is 0 Å². The van der Waals surface area contributed by atoms with Crippen molar-refractivity contribution >= 4 is 23.5 Å². The molecule has 7 heteroatoms. The fraction of sp³-hybridized carbons (Fsp3) is 0.562. The lowest BCUT2D eigenvalue weighted by Crippen LogP contribution is -2.59. The average Bonchev–Trinajstić information content (AvgIpc) is 3.06. The van der Waals surface area contributed by atoms with Crippen LogP contribution in [0.1, 0.15) is 6.42 Å². The van der Waals surface area contributed by atoms with Crippen molar-refractivity contribution in [1.82, 2.24) is 10.2 Å². The second-order valence-electron chi connectivity index (χ2n) is 5.94. The molecule has 2 aliphatic rings. The van der Waals surface area contributed by atoms with Crippen LogP contribution in [-0.4, -0.2) is 60.8 Å². The molecule has 0 aromatic heterocycles. The second kappa shape index (κ2) is 7.51. The molecule has 2 heterocycles. The van der Waals surface area contributed by atoms with E-state index in [9.17, 15) is 9.18 Å². The molecule has 2 aliphatic heterocycles. The number of hydrogen-bond donors (Lipinski definition) is 2. The van der Waals surface area contributed by atoms with E-state index in [0.29, 0.717) is 12.2 Å². The molecule has 0 unspecified atom stereocenters. The van der Waals surface area contributed by atoms with Crippen LogP contribution in [0.15, 0.2) is 24.3 Å². The number of halogens is 1. The van der Waals surface area contributed by atoms with E-state index in [-0.39, 0.29) is 17.4 Å². The maximum absolute atomic E-state index is 12.9. The van der Waals surface area contributed by atoms with Gasteiger partial charge in [0.2, 0.25) is 0 Å². The highest BCUT2D eigenvalue weighted by molar-refractivity contribution is 7.99. The van der Waals surface area contributed by atoms with Crippen LogP contribution in [0.25, 0.3) is 0 Å². The van der Waals surface area contributed by atoms with Gasteiger partial charge in [-0.2, -0.15) is 11.8 Å². The van der Waals surface area contributed by atoms with Crippen molar-refractivity contribution in [2.75, 3.05) is 49.7 Å². The minimum absolute atomic E-state index is 0.0224. The Morgan fingerprint density at radius 1 is 1.30 bits per heavy atom. The molecule has 5 nitrogen and oxygen atoms in total. The van der Waals surface area contributed by atoms with Gasteiger partial charge in [-0.05, 0) is 36.4 Å². The Bertz CT molecular complexity index is 529. The molecule has 2 amide bonds. The zero-order chi connectivity index (χ0) is 16.1. The molecular weight excluding hydrogens is 317 g/mol. The Morgan fingerprint density at radius 2 is 2.04 bits per heavy atom. The molecule has 0 bridgehead atoms. The summed E-state index contributed by atoms with van der Waals surface area (Å²) in [5, 5.41) is 5.73. The molecule has 3 rings (SSSR count). The van der Waals surface area contributed by atoms with Crippen molar-refractivity contribution in [3.05, 3.63) is 30.1 Å². The fourth-order valence-corrected chi connectivity index (χ4v) is 4.57. The van der Waals surface area contributed by atoms with E-state index < -0.39 is 0 Å². The standard InChI is InChI=1S/C16H22FN3O2S/c17-13-1-3-14(4-2-13)19-15(21)18-11-16(5-10-23-12-16)20-6-8-22-9-7-20/h1-4H,5-12H2,(H2,18,19,21)/t16-/m1/s1. The maximum atomic E-state index is 12.9. The number of amides is 2. The van der Waals surface area contributed by atoms with E-state index in [1.807, 2.05) is 11.8 Å². The number of nitrogens with one attached hydrogen (secondary N) is 2. The highest BCUT2D eigenvalue weighted by Gasteiger charge is 2.40. The highest BCUT2D eigenvalue weighted by Crippen LogP contribution is 2.33. The number of benzene rings is 1. The minimum Gasteiger partial charge on any atom is -0.379 e. The quantitative estimate of drug-likeness (QED) is 0.883. The summed E-state index contributed by atoms with van der Waals surface area (Å²) in [6.45, 7) is 3.97. The number of carbonyl (C=O) groups excluding carboxylic acids is 1. The van der Waals surface area contributed by atoms with Crippen LogP contribution in [0.5, 0.6) is 0 Å². The molecule has 23 heavy (non-hydrogen) atoms. The fourth-order valence-electron chi connectivity index (χ4n) is 3.09. The van der Waals surface area contributed by atoms with Gasteiger partial charge in [0.25, 0.3) is 0 Å². The smallest absolute Gasteiger partial charge is 0.319 e. The first-order valence-electron chi connectivity index (χ1n) is 7.89. The Hall–Kier alpha value is -1.31. The zero-order valence-corrected chi connectivity index (χ0v) is 13.8. The zero-order valence-electron chi connectivity index (χ0n) is 13.0. The van der Waals surface area contributed by atoms with Crippen LogP contribution in [-0.2, 0) is 4.74 Å². The number of thioether (sulfide) groups is 1. The Morgan fingerprint density at radius 3 is 2.70 bits per heavy atom. The number of morpholine rings is 1. The summed E-state index contributed by atoms with van der Waals surface area (Å²) in [4.78, 5) is 14.6. The van der Waals surface area contributed by atoms with E-state index in [1.165, 1.54) is 12.1 Å². The first kappa shape index (κ1) is 16.5. The molecule has 2 fully saturated rings. The van der Waals surface area contributed by atoms with Gasteiger partial charge in [0.1, 0.15) is 5.82 Å². The molecule has 126 valence electrons. The van der Waals surface area contributed by atoms with E-state index in [2.05, 4.69) is 15.5 Å². The largest absolute Gasteiger partial charge is 0.379 e. The number of carbonyl (C=O) groups is 1. The third kappa shape index (κ3) is 4.16. The Labute approximate surface area is 139 Å². The van der Waals surface area contributed by atoms with Gasteiger partial charge < -0.3 is 15.4 Å². The predicted octanol–water partition coefficient (Wildman–Crippen LogP) is 2.16. The number of hydrogen-bond acceptors (Lipinski definition) is 4. The highest BCUT2D eigenvalue weighted by atomic mass is 32.2. The third-order valence-corrected chi connectivity index (χ3v) is 5.68. The summed E-state index contributed by atoms with van der Waals surface area (Å²) in [5.41, 5.74) is 0.610. The number of ether oxygens (including phenoxy) is 1. The van der Waals surface area contributed by atoms with Gasteiger partial charge in [-0.25, -0.2) is 9.18 Å². The summed E-state index contributed by atoms with van der Waals surface area (Å²) in [6.07, 6.45) is 1.08. The number of nitrogens with zero attached hydrogens (tertiary/aromatic N) is 1. The number of anilines is 1. The molecule has 0 spiro atoms.